The highest BCUT2D eigenvalue weighted by Crippen LogP contribution is 2.05. The van der Waals surface area contributed by atoms with Gasteiger partial charge in [0.15, 0.2) is 0 Å². The first kappa shape index (κ1) is 13.7. The van der Waals surface area contributed by atoms with Gasteiger partial charge in [-0.1, -0.05) is 48.0 Å². The lowest BCUT2D eigenvalue weighted by Gasteiger charge is -1.92. The minimum atomic E-state index is -4.00. The van der Waals surface area contributed by atoms with Crippen molar-refractivity contribution in [3.05, 3.63) is 65.7 Å². The Bertz CT molecular complexity index is 538. The first-order valence-electron chi connectivity index (χ1n) is 4.73. The molecule has 90 valence electrons. The van der Waals surface area contributed by atoms with Crippen LogP contribution in [0.2, 0.25) is 5.02 Å². The second-order valence-electron chi connectivity index (χ2n) is 3.08. The molecule has 0 spiro atoms. The van der Waals surface area contributed by atoms with Gasteiger partial charge in [0, 0.05) is 5.02 Å². The van der Waals surface area contributed by atoms with E-state index in [1.807, 2.05) is 30.3 Å². The Kier molecular flexibility index (Phi) is 5.15. The molecular formula is C12H11ClO3S. The van der Waals surface area contributed by atoms with Crippen LogP contribution in [0.3, 0.4) is 0 Å². The molecule has 17 heavy (non-hydrogen) atoms. The number of benzene rings is 2. The van der Waals surface area contributed by atoms with Crippen molar-refractivity contribution in [2.24, 2.45) is 0 Å². The van der Waals surface area contributed by atoms with Crippen LogP contribution in [-0.2, 0) is 10.1 Å². The molecule has 0 aromatic heterocycles. The molecule has 0 saturated heterocycles. The van der Waals surface area contributed by atoms with Gasteiger partial charge in [0.1, 0.15) is 0 Å². The Hall–Kier alpha value is -1.36. The topological polar surface area (TPSA) is 54.4 Å². The Morgan fingerprint density at radius 2 is 1.24 bits per heavy atom. The van der Waals surface area contributed by atoms with Crippen molar-refractivity contribution in [3.8, 4) is 0 Å². The number of hydrogen-bond donors (Lipinski definition) is 1. The van der Waals surface area contributed by atoms with Crippen LogP contribution in [0.15, 0.2) is 65.6 Å². The molecule has 0 aliphatic rings. The van der Waals surface area contributed by atoms with Crippen molar-refractivity contribution >= 4 is 21.7 Å². The average molecular weight is 271 g/mol. The van der Waals surface area contributed by atoms with E-state index >= 15 is 0 Å². The first-order valence-corrected chi connectivity index (χ1v) is 6.55. The molecule has 0 atom stereocenters. The largest absolute Gasteiger partial charge is 0.294 e. The van der Waals surface area contributed by atoms with E-state index in [-0.39, 0.29) is 4.90 Å². The summed E-state index contributed by atoms with van der Waals surface area (Å²) < 4.78 is 29.2. The Morgan fingerprint density at radius 3 is 1.47 bits per heavy atom. The predicted molar refractivity (Wildman–Crippen MR) is 67.7 cm³/mol. The molecule has 3 nitrogen and oxygen atoms in total. The van der Waals surface area contributed by atoms with Crippen molar-refractivity contribution in [3.63, 3.8) is 0 Å². The quantitative estimate of drug-likeness (QED) is 0.809. The second-order valence-corrected chi connectivity index (χ2v) is 4.94. The zero-order chi connectivity index (χ0) is 12.7. The van der Waals surface area contributed by atoms with Gasteiger partial charge in [-0.25, -0.2) is 0 Å². The Balaban J connectivity index is 0.000000181. The van der Waals surface area contributed by atoms with Gasteiger partial charge >= 0.3 is 0 Å². The molecule has 0 aliphatic heterocycles. The average Bonchev–Trinajstić information content (AvgIpc) is 2.31. The molecule has 2 aromatic rings. The number of rotatable bonds is 1. The minimum Gasteiger partial charge on any atom is -0.282 e. The Morgan fingerprint density at radius 1 is 0.824 bits per heavy atom. The van der Waals surface area contributed by atoms with Gasteiger partial charge in [0.05, 0.1) is 4.90 Å². The minimum absolute atomic E-state index is 0.0741. The standard InChI is InChI=1S/C6H5Cl.C6H6O3S/c7-6-4-2-1-3-5-6;7-10(8,9)6-4-2-1-3-5-6/h1-5H;1-5H,(H,7,8,9). The highest BCUT2D eigenvalue weighted by Gasteiger charge is 2.05. The summed E-state index contributed by atoms with van der Waals surface area (Å²) >= 11 is 5.54. The summed E-state index contributed by atoms with van der Waals surface area (Å²) in [6.45, 7) is 0. The van der Waals surface area contributed by atoms with Crippen LogP contribution in [0.25, 0.3) is 0 Å². The molecule has 0 saturated carbocycles. The lowest BCUT2D eigenvalue weighted by Crippen LogP contribution is -1.96. The molecule has 5 heteroatoms. The number of halogens is 1. The highest BCUT2D eigenvalue weighted by molar-refractivity contribution is 7.85. The summed E-state index contributed by atoms with van der Waals surface area (Å²) in [4.78, 5) is -0.0741. The smallest absolute Gasteiger partial charge is 0.282 e. The normalized spacial score (nSPS) is 10.2. The molecule has 0 heterocycles. The fourth-order valence-corrected chi connectivity index (χ4v) is 1.65. The van der Waals surface area contributed by atoms with E-state index in [2.05, 4.69) is 0 Å². The van der Waals surface area contributed by atoms with E-state index < -0.39 is 10.1 Å². The monoisotopic (exact) mass is 270 g/mol. The van der Waals surface area contributed by atoms with Crippen LogP contribution >= 0.6 is 11.6 Å². The van der Waals surface area contributed by atoms with Crippen LogP contribution in [-0.4, -0.2) is 13.0 Å². The third-order valence-electron chi connectivity index (χ3n) is 1.77. The molecule has 0 bridgehead atoms. The lowest BCUT2D eigenvalue weighted by atomic mass is 10.4. The van der Waals surface area contributed by atoms with Gasteiger partial charge in [-0.05, 0) is 24.3 Å². The van der Waals surface area contributed by atoms with Gasteiger partial charge in [0.2, 0.25) is 0 Å². The molecule has 1 N–H and O–H groups in total. The molecule has 2 rings (SSSR count). The van der Waals surface area contributed by atoms with Crippen molar-refractivity contribution in [2.45, 2.75) is 4.90 Å². The number of hydrogen-bond acceptors (Lipinski definition) is 2. The van der Waals surface area contributed by atoms with E-state index in [9.17, 15) is 8.42 Å². The van der Waals surface area contributed by atoms with Gasteiger partial charge in [0.25, 0.3) is 10.1 Å². The maximum absolute atomic E-state index is 10.4. The van der Waals surface area contributed by atoms with Crippen molar-refractivity contribution < 1.29 is 13.0 Å². The molecule has 0 amide bonds. The third kappa shape index (κ3) is 5.49. The molecule has 0 unspecified atom stereocenters. The molecule has 0 aliphatic carbocycles. The van der Waals surface area contributed by atoms with Crippen LogP contribution < -0.4 is 0 Å². The van der Waals surface area contributed by atoms with Crippen molar-refractivity contribution in [1.82, 2.24) is 0 Å². The van der Waals surface area contributed by atoms with Crippen LogP contribution in [0.1, 0.15) is 0 Å². The summed E-state index contributed by atoms with van der Waals surface area (Å²) in [6.07, 6.45) is 0. The van der Waals surface area contributed by atoms with Crippen molar-refractivity contribution in [2.75, 3.05) is 0 Å². The summed E-state index contributed by atoms with van der Waals surface area (Å²) in [5.41, 5.74) is 0. The van der Waals surface area contributed by atoms with E-state index in [0.717, 1.165) is 5.02 Å². The summed E-state index contributed by atoms with van der Waals surface area (Å²) in [7, 11) is -4.00. The fraction of sp³-hybridized carbons (Fsp3) is 0. The van der Waals surface area contributed by atoms with Crippen LogP contribution in [0.5, 0.6) is 0 Å². The zero-order valence-corrected chi connectivity index (χ0v) is 10.4. The molecule has 2 aromatic carbocycles. The van der Waals surface area contributed by atoms with Crippen molar-refractivity contribution in [1.29, 1.82) is 0 Å². The summed E-state index contributed by atoms with van der Waals surface area (Å²) in [5, 5.41) is 0.794. The summed E-state index contributed by atoms with van der Waals surface area (Å²) in [6, 6.07) is 16.9. The van der Waals surface area contributed by atoms with Gasteiger partial charge < -0.3 is 0 Å². The maximum Gasteiger partial charge on any atom is 0.294 e. The molecular weight excluding hydrogens is 260 g/mol. The van der Waals surface area contributed by atoms with Gasteiger partial charge in [-0.15, -0.1) is 0 Å². The van der Waals surface area contributed by atoms with E-state index in [1.165, 1.54) is 12.1 Å². The highest BCUT2D eigenvalue weighted by atomic mass is 35.5. The fourth-order valence-electron chi connectivity index (χ4n) is 1.01. The van der Waals surface area contributed by atoms with Gasteiger partial charge in [-0.2, -0.15) is 8.42 Å². The predicted octanol–water partition coefficient (Wildman–Crippen LogP) is 3.27. The van der Waals surface area contributed by atoms with E-state index in [0.29, 0.717) is 0 Å². The maximum atomic E-state index is 10.4. The third-order valence-corrected chi connectivity index (χ3v) is 2.89. The lowest BCUT2D eigenvalue weighted by molar-refractivity contribution is 0.483. The summed E-state index contributed by atoms with van der Waals surface area (Å²) in [5.74, 6) is 0. The van der Waals surface area contributed by atoms with Crippen LogP contribution in [0, 0.1) is 0 Å². The SMILES string of the molecule is Clc1ccccc1.O=S(=O)(O)c1ccccc1. The van der Waals surface area contributed by atoms with E-state index in [4.69, 9.17) is 16.2 Å². The molecule has 0 fully saturated rings. The zero-order valence-electron chi connectivity index (χ0n) is 8.82. The molecule has 0 radical (unpaired) electrons. The second kappa shape index (κ2) is 6.39. The van der Waals surface area contributed by atoms with Crippen LogP contribution in [0.4, 0.5) is 0 Å². The van der Waals surface area contributed by atoms with Gasteiger partial charge in [-0.3, -0.25) is 4.55 Å². The van der Waals surface area contributed by atoms with E-state index in [1.54, 1.807) is 18.2 Å². The Labute approximate surface area is 105 Å². The first-order chi connectivity index (χ1) is 8.00.